The second-order valence-corrected chi connectivity index (χ2v) is 5.85. The van der Waals surface area contributed by atoms with E-state index in [2.05, 4.69) is 14.7 Å². The van der Waals surface area contributed by atoms with Crippen LogP contribution in [0, 0.1) is 6.92 Å². The van der Waals surface area contributed by atoms with Crippen LogP contribution in [0.25, 0.3) is 0 Å². The lowest BCUT2D eigenvalue weighted by Crippen LogP contribution is -2.40. The Labute approximate surface area is 137 Å². The first-order chi connectivity index (χ1) is 10.9. The highest BCUT2D eigenvalue weighted by Gasteiger charge is 2.17. The molecule has 2 aromatic heterocycles. The fourth-order valence-electron chi connectivity index (χ4n) is 1.90. The number of hydrazine groups is 1. The fourth-order valence-corrected chi connectivity index (χ4v) is 2.57. The van der Waals surface area contributed by atoms with Gasteiger partial charge >= 0.3 is 0 Å². The first-order valence-corrected chi connectivity index (χ1v) is 7.68. The van der Waals surface area contributed by atoms with E-state index < -0.39 is 5.91 Å². The van der Waals surface area contributed by atoms with Crippen LogP contribution in [0.3, 0.4) is 0 Å². The first kappa shape index (κ1) is 16.8. The van der Waals surface area contributed by atoms with Gasteiger partial charge in [-0.2, -0.15) is 4.37 Å². The number of anilines is 3. The molecular formula is C14H18N6O2S. The summed E-state index contributed by atoms with van der Waals surface area (Å²) in [6.07, 6.45) is 1.06. The molecule has 2 rings (SSSR count). The Morgan fingerprint density at radius 3 is 2.83 bits per heavy atom. The van der Waals surface area contributed by atoms with E-state index in [1.165, 1.54) is 16.5 Å². The third-order valence-electron chi connectivity index (χ3n) is 3.19. The number of nitrogens with zero attached hydrogens (tertiary/aromatic N) is 3. The van der Waals surface area contributed by atoms with Crippen LogP contribution in [0.2, 0.25) is 0 Å². The smallest absolute Gasteiger partial charge is 0.252 e. The highest BCUT2D eigenvalue weighted by Crippen LogP contribution is 2.25. The quantitative estimate of drug-likeness (QED) is 0.396. The zero-order chi connectivity index (χ0) is 17.0. The van der Waals surface area contributed by atoms with Crippen molar-refractivity contribution in [1.82, 2.24) is 9.36 Å². The molecule has 0 aliphatic carbocycles. The SMILES string of the molecule is Cc1cc(Nc2nc(N(N)C(C)CC=O)ccc2C(N)=O)sn1. The molecule has 1 unspecified atom stereocenters. The minimum absolute atomic E-state index is 0.224. The van der Waals surface area contributed by atoms with E-state index in [9.17, 15) is 9.59 Å². The molecule has 122 valence electrons. The lowest BCUT2D eigenvalue weighted by molar-refractivity contribution is -0.108. The average Bonchev–Trinajstić information content (AvgIpc) is 2.91. The summed E-state index contributed by atoms with van der Waals surface area (Å²) in [5.41, 5.74) is 6.49. The Morgan fingerprint density at radius 2 is 2.26 bits per heavy atom. The van der Waals surface area contributed by atoms with Crippen molar-refractivity contribution in [3.63, 3.8) is 0 Å². The van der Waals surface area contributed by atoms with E-state index in [-0.39, 0.29) is 18.0 Å². The molecule has 23 heavy (non-hydrogen) atoms. The normalized spacial score (nSPS) is 11.8. The molecule has 1 atom stereocenters. The summed E-state index contributed by atoms with van der Waals surface area (Å²) in [4.78, 5) is 26.6. The van der Waals surface area contributed by atoms with E-state index in [0.717, 1.165) is 17.0 Å². The van der Waals surface area contributed by atoms with Crippen molar-refractivity contribution < 1.29 is 9.59 Å². The van der Waals surface area contributed by atoms with Gasteiger partial charge in [-0.25, -0.2) is 10.8 Å². The molecule has 0 aromatic carbocycles. The van der Waals surface area contributed by atoms with Crippen LogP contribution in [-0.4, -0.2) is 27.6 Å². The highest BCUT2D eigenvalue weighted by atomic mass is 32.1. The minimum Gasteiger partial charge on any atom is -0.365 e. The molecule has 0 aliphatic heterocycles. The number of rotatable bonds is 7. The van der Waals surface area contributed by atoms with Crippen molar-refractivity contribution in [1.29, 1.82) is 0 Å². The van der Waals surface area contributed by atoms with Gasteiger partial charge in [0.1, 0.15) is 22.9 Å². The number of hydrogen-bond donors (Lipinski definition) is 3. The first-order valence-electron chi connectivity index (χ1n) is 6.91. The maximum atomic E-state index is 11.6. The van der Waals surface area contributed by atoms with Crippen LogP contribution < -0.4 is 21.9 Å². The van der Waals surface area contributed by atoms with Gasteiger partial charge in [-0.15, -0.1) is 0 Å². The van der Waals surface area contributed by atoms with Crippen LogP contribution in [0.5, 0.6) is 0 Å². The number of nitrogens with one attached hydrogen (secondary N) is 1. The predicted molar refractivity (Wildman–Crippen MR) is 89.7 cm³/mol. The zero-order valence-electron chi connectivity index (χ0n) is 12.8. The van der Waals surface area contributed by atoms with E-state index in [0.29, 0.717) is 11.6 Å². The van der Waals surface area contributed by atoms with Gasteiger partial charge in [0, 0.05) is 6.42 Å². The molecule has 2 heterocycles. The van der Waals surface area contributed by atoms with E-state index >= 15 is 0 Å². The molecule has 0 saturated carbocycles. The van der Waals surface area contributed by atoms with Crippen molar-refractivity contribution in [2.24, 2.45) is 11.6 Å². The summed E-state index contributed by atoms with van der Waals surface area (Å²) in [6.45, 7) is 3.67. The molecule has 8 nitrogen and oxygen atoms in total. The molecule has 0 spiro atoms. The van der Waals surface area contributed by atoms with Gasteiger partial charge in [-0.05, 0) is 43.6 Å². The van der Waals surface area contributed by atoms with E-state index in [1.54, 1.807) is 19.1 Å². The summed E-state index contributed by atoms with van der Waals surface area (Å²) in [6, 6.07) is 4.75. The Hall–Kier alpha value is -2.52. The number of primary amides is 1. The largest absolute Gasteiger partial charge is 0.365 e. The van der Waals surface area contributed by atoms with Gasteiger partial charge in [-0.3, -0.25) is 9.80 Å². The maximum absolute atomic E-state index is 11.6. The molecule has 0 fully saturated rings. The van der Waals surface area contributed by atoms with Gasteiger partial charge in [0.05, 0.1) is 17.3 Å². The highest BCUT2D eigenvalue weighted by molar-refractivity contribution is 7.10. The maximum Gasteiger partial charge on any atom is 0.252 e. The van der Waals surface area contributed by atoms with Crippen LogP contribution in [0.15, 0.2) is 18.2 Å². The number of carbonyl (C=O) groups excluding carboxylic acids is 2. The number of amides is 1. The van der Waals surface area contributed by atoms with Gasteiger partial charge < -0.3 is 15.8 Å². The number of pyridine rings is 1. The number of aryl methyl sites for hydroxylation is 1. The molecule has 0 aliphatic rings. The minimum atomic E-state index is -0.600. The van der Waals surface area contributed by atoms with E-state index in [1.807, 2.05) is 13.0 Å². The van der Waals surface area contributed by atoms with Crippen molar-refractivity contribution in [3.05, 3.63) is 29.5 Å². The molecule has 0 bridgehead atoms. The van der Waals surface area contributed by atoms with Crippen LogP contribution in [0.1, 0.15) is 29.4 Å². The van der Waals surface area contributed by atoms with Crippen molar-refractivity contribution in [3.8, 4) is 0 Å². The standard InChI is InChI=1S/C14H18N6O2S/c1-8-7-12(23-19-8)18-14-10(13(15)22)3-4-11(17-14)20(16)9(2)5-6-21/h3-4,6-7,9H,5,16H2,1-2H3,(H2,15,22)(H,17,18). The van der Waals surface area contributed by atoms with E-state index in [4.69, 9.17) is 11.6 Å². The molecule has 9 heteroatoms. The summed E-state index contributed by atoms with van der Waals surface area (Å²) in [7, 11) is 0. The molecule has 2 aromatic rings. The topological polar surface area (TPSA) is 127 Å². The lowest BCUT2D eigenvalue weighted by atomic mass is 10.2. The molecule has 1 amide bonds. The van der Waals surface area contributed by atoms with Gasteiger partial charge in [-0.1, -0.05) is 0 Å². The number of aromatic nitrogens is 2. The lowest BCUT2D eigenvalue weighted by Gasteiger charge is -2.24. The van der Waals surface area contributed by atoms with Crippen molar-refractivity contribution >= 4 is 40.4 Å². The molecular weight excluding hydrogens is 316 g/mol. The summed E-state index contributed by atoms with van der Waals surface area (Å²) in [5, 5.41) is 5.15. The van der Waals surface area contributed by atoms with Gasteiger partial charge in [0.15, 0.2) is 0 Å². The third kappa shape index (κ3) is 4.02. The Balaban J connectivity index is 2.35. The summed E-state index contributed by atoms with van der Waals surface area (Å²) in [5.74, 6) is 6.10. The zero-order valence-corrected chi connectivity index (χ0v) is 13.6. The van der Waals surface area contributed by atoms with Gasteiger partial charge in [0.2, 0.25) is 0 Å². The summed E-state index contributed by atoms with van der Waals surface area (Å²) >= 11 is 1.25. The number of aldehydes is 1. The van der Waals surface area contributed by atoms with Crippen LogP contribution >= 0.6 is 11.5 Å². The molecule has 0 radical (unpaired) electrons. The van der Waals surface area contributed by atoms with Crippen molar-refractivity contribution in [2.75, 3.05) is 10.3 Å². The average molecular weight is 334 g/mol. The number of nitrogens with two attached hydrogens (primary N) is 2. The molecule has 0 saturated heterocycles. The molecule has 5 N–H and O–H groups in total. The second-order valence-electron chi connectivity index (χ2n) is 5.05. The Morgan fingerprint density at radius 1 is 1.52 bits per heavy atom. The number of hydrogen-bond acceptors (Lipinski definition) is 8. The second kappa shape index (κ2) is 7.16. The monoisotopic (exact) mass is 334 g/mol. The van der Waals surface area contributed by atoms with Crippen LogP contribution in [-0.2, 0) is 4.79 Å². The Kier molecular flexibility index (Phi) is 5.24. The van der Waals surface area contributed by atoms with Crippen molar-refractivity contribution in [2.45, 2.75) is 26.3 Å². The predicted octanol–water partition coefficient (Wildman–Crippen LogP) is 1.35. The van der Waals surface area contributed by atoms with Crippen LogP contribution in [0.4, 0.5) is 16.6 Å². The number of carbonyl (C=O) groups is 2. The summed E-state index contributed by atoms with van der Waals surface area (Å²) < 4.78 is 4.16. The fraction of sp³-hybridized carbons (Fsp3) is 0.286. The third-order valence-corrected chi connectivity index (χ3v) is 3.99. The Bertz CT molecular complexity index is 717. The van der Waals surface area contributed by atoms with Gasteiger partial charge in [0.25, 0.3) is 5.91 Å².